The molecular weight excluding hydrogens is 775 g/mol. The van der Waals surface area contributed by atoms with Gasteiger partial charge in [-0.25, -0.2) is 17.6 Å². The van der Waals surface area contributed by atoms with Gasteiger partial charge in [0.1, 0.15) is 34.6 Å². The summed E-state index contributed by atoms with van der Waals surface area (Å²) in [4.78, 5) is 0. The number of rotatable bonds is 2. The van der Waals surface area contributed by atoms with Crippen LogP contribution in [-0.4, -0.2) is 0 Å². The van der Waals surface area contributed by atoms with Crippen LogP contribution in [0.5, 0.6) is 0 Å². The highest BCUT2D eigenvalue weighted by Crippen LogP contribution is 2.20. The van der Waals surface area contributed by atoms with Crippen molar-refractivity contribution in [2.45, 2.75) is 26.7 Å². The Kier molecular flexibility index (Phi) is 13.7. The number of nitrogen functional groups attached to an aromatic ring is 2. The summed E-state index contributed by atoms with van der Waals surface area (Å²) in [5, 5.41) is 0. The first kappa shape index (κ1) is 34.2. The molecule has 0 unspecified atom stereocenters. The lowest BCUT2D eigenvalue weighted by Crippen LogP contribution is -1.96. The third kappa shape index (κ3) is 10.4. The van der Waals surface area contributed by atoms with Crippen molar-refractivity contribution in [2.75, 3.05) is 11.5 Å². The fourth-order valence-corrected chi connectivity index (χ4v) is 4.79. The lowest BCUT2D eigenvalue weighted by atomic mass is 10.1. The maximum atomic E-state index is 13.3. The summed E-state index contributed by atoms with van der Waals surface area (Å²) in [5.41, 5.74) is 13.0. The Morgan fingerprint density at radius 1 is 0.683 bits per heavy atom. The van der Waals surface area contributed by atoms with E-state index in [0.29, 0.717) is 0 Å². The molecule has 4 aromatic carbocycles. The standard InChI is InChI=1S/C16H12BrF2N.C8H8BrI.C8H5F2N/c1-2-11-9-13(17)6-5-12(11)4-3-10-7-14(18)16(20)15(19)8-10;1-2-6-5-7(9)3-4-8(6)10;1-2-5-3-6(9)8(11)7(10)4-5/h5-9H,2,20H2,1H3;3-5H,2H2,1H3;1,3-4H,11H2. The number of nitrogens with two attached hydrogens (primary N) is 2. The summed E-state index contributed by atoms with van der Waals surface area (Å²) in [6.07, 6.45) is 6.85. The van der Waals surface area contributed by atoms with Gasteiger partial charge in [-0.05, 0) is 107 Å². The minimum atomic E-state index is -0.821. The van der Waals surface area contributed by atoms with E-state index in [1.54, 1.807) is 0 Å². The quantitative estimate of drug-likeness (QED) is 0.0920. The van der Waals surface area contributed by atoms with Crippen molar-refractivity contribution in [2.24, 2.45) is 0 Å². The highest BCUT2D eigenvalue weighted by Gasteiger charge is 2.07. The van der Waals surface area contributed by atoms with Crippen LogP contribution in [-0.2, 0) is 12.8 Å². The molecule has 0 bridgehead atoms. The first-order valence-electron chi connectivity index (χ1n) is 12.1. The van der Waals surface area contributed by atoms with E-state index in [1.807, 2.05) is 25.1 Å². The van der Waals surface area contributed by atoms with Gasteiger partial charge in [0, 0.05) is 29.2 Å². The van der Waals surface area contributed by atoms with Crippen LogP contribution >= 0.6 is 54.5 Å². The zero-order chi connectivity index (χ0) is 30.7. The van der Waals surface area contributed by atoms with Gasteiger partial charge in [-0.15, -0.1) is 6.42 Å². The second-order valence-electron chi connectivity index (χ2n) is 8.35. The summed E-state index contributed by atoms with van der Waals surface area (Å²) in [7, 11) is 0. The highest BCUT2D eigenvalue weighted by atomic mass is 127. The van der Waals surface area contributed by atoms with Crippen molar-refractivity contribution in [1.29, 1.82) is 0 Å². The Bertz CT molecular complexity index is 1590. The summed E-state index contributed by atoms with van der Waals surface area (Å²) in [5.74, 6) is 4.58. The Morgan fingerprint density at radius 3 is 1.56 bits per heavy atom. The summed E-state index contributed by atoms with van der Waals surface area (Å²) < 4.78 is 55.3. The second-order valence-corrected chi connectivity index (χ2v) is 11.3. The van der Waals surface area contributed by atoms with Crippen molar-refractivity contribution in [3.8, 4) is 24.2 Å². The fourth-order valence-electron chi connectivity index (χ4n) is 3.25. The van der Waals surface area contributed by atoms with Crippen LogP contribution in [0, 0.1) is 51.0 Å². The van der Waals surface area contributed by atoms with Gasteiger partial charge in [-0.1, -0.05) is 63.5 Å². The number of anilines is 2. The van der Waals surface area contributed by atoms with Crippen molar-refractivity contribution >= 4 is 65.8 Å². The molecule has 0 aliphatic rings. The Hall–Kier alpha value is -2.99. The monoisotopic (exact) mass is 798 g/mol. The molecule has 0 saturated carbocycles. The molecule has 0 atom stereocenters. The second kappa shape index (κ2) is 16.5. The largest absolute Gasteiger partial charge is 0.394 e. The molecule has 4 aromatic rings. The zero-order valence-electron chi connectivity index (χ0n) is 22.1. The summed E-state index contributed by atoms with van der Waals surface area (Å²) in [6, 6.07) is 16.4. The third-order valence-corrected chi connectivity index (χ3v) is 7.54. The van der Waals surface area contributed by atoms with Crippen LogP contribution in [0.25, 0.3) is 0 Å². The predicted molar refractivity (Wildman–Crippen MR) is 175 cm³/mol. The average Bonchev–Trinajstić information content (AvgIpc) is 2.95. The van der Waals surface area contributed by atoms with E-state index in [0.717, 1.165) is 52.7 Å². The predicted octanol–water partition coefficient (Wildman–Crippen LogP) is 9.42. The molecule has 4 N–H and O–H groups in total. The lowest BCUT2D eigenvalue weighted by molar-refractivity contribution is 0.590. The molecule has 0 aliphatic carbocycles. The topological polar surface area (TPSA) is 52.0 Å². The summed E-state index contributed by atoms with van der Waals surface area (Å²) >= 11 is 9.19. The first-order chi connectivity index (χ1) is 19.4. The van der Waals surface area contributed by atoms with Crippen molar-refractivity contribution in [1.82, 2.24) is 0 Å². The van der Waals surface area contributed by atoms with E-state index in [1.165, 1.54) is 13.6 Å². The molecule has 0 heterocycles. The van der Waals surface area contributed by atoms with Crippen LogP contribution in [0.4, 0.5) is 28.9 Å². The number of aryl methyl sites for hydroxylation is 2. The number of hydrogen-bond acceptors (Lipinski definition) is 2. The van der Waals surface area contributed by atoms with E-state index in [-0.39, 0.29) is 11.1 Å². The molecule has 0 amide bonds. The van der Waals surface area contributed by atoms with Gasteiger partial charge in [0.2, 0.25) is 0 Å². The smallest absolute Gasteiger partial charge is 0.150 e. The first-order valence-corrected chi connectivity index (χ1v) is 14.8. The lowest BCUT2D eigenvalue weighted by Gasteiger charge is -2.02. The third-order valence-electron chi connectivity index (χ3n) is 5.50. The van der Waals surface area contributed by atoms with E-state index < -0.39 is 34.6 Å². The molecule has 212 valence electrons. The van der Waals surface area contributed by atoms with Gasteiger partial charge < -0.3 is 11.5 Å². The zero-order valence-corrected chi connectivity index (χ0v) is 27.4. The number of terminal acetylenes is 1. The Balaban J connectivity index is 0.000000236. The molecule has 0 radical (unpaired) electrons. The highest BCUT2D eigenvalue weighted by molar-refractivity contribution is 14.1. The van der Waals surface area contributed by atoms with Gasteiger partial charge in [0.25, 0.3) is 0 Å². The van der Waals surface area contributed by atoms with Crippen molar-refractivity contribution in [3.63, 3.8) is 0 Å². The van der Waals surface area contributed by atoms with Crippen LogP contribution in [0.2, 0.25) is 0 Å². The number of hydrogen-bond donors (Lipinski definition) is 2. The van der Waals surface area contributed by atoms with Gasteiger partial charge in [-0.3, -0.25) is 0 Å². The minimum Gasteiger partial charge on any atom is -0.394 e. The molecule has 0 saturated heterocycles. The molecule has 0 aromatic heterocycles. The maximum absolute atomic E-state index is 13.3. The van der Waals surface area contributed by atoms with Gasteiger partial charge in [-0.2, -0.15) is 0 Å². The van der Waals surface area contributed by atoms with E-state index in [9.17, 15) is 17.6 Å². The average molecular weight is 800 g/mol. The molecule has 0 spiro atoms. The van der Waals surface area contributed by atoms with Crippen LogP contribution in [0.1, 0.15) is 41.7 Å². The van der Waals surface area contributed by atoms with Crippen LogP contribution in [0.3, 0.4) is 0 Å². The molecule has 41 heavy (non-hydrogen) atoms. The van der Waals surface area contributed by atoms with Gasteiger partial charge in [0.15, 0.2) is 0 Å². The Labute approximate surface area is 268 Å². The van der Waals surface area contributed by atoms with Crippen LogP contribution < -0.4 is 11.5 Å². The van der Waals surface area contributed by atoms with E-state index >= 15 is 0 Å². The van der Waals surface area contributed by atoms with Gasteiger partial charge >= 0.3 is 0 Å². The summed E-state index contributed by atoms with van der Waals surface area (Å²) in [6.45, 7) is 4.19. The molecule has 0 aliphatic heterocycles. The van der Waals surface area contributed by atoms with Crippen LogP contribution in [0.15, 0.2) is 69.6 Å². The molecule has 2 nitrogen and oxygen atoms in total. The van der Waals surface area contributed by atoms with Crippen molar-refractivity contribution < 1.29 is 17.6 Å². The molecule has 4 rings (SSSR count). The van der Waals surface area contributed by atoms with E-state index in [2.05, 4.69) is 97.3 Å². The molecule has 9 heteroatoms. The number of benzene rings is 4. The Morgan fingerprint density at radius 2 is 1.12 bits per heavy atom. The van der Waals surface area contributed by atoms with E-state index in [4.69, 9.17) is 17.9 Å². The normalized spacial score (nSPS) is 9.76. The molecular formula is C32H25Br2F4IN2. The SMILES string of the molecule is C#Cc1cc(F)c(N)c(F)c1.CCc1cc(Br)ccc1C#Cc1cc(F)c(N)c(F)c1.CCc1cc(Br)ccc1I. The maximum Gasteiger partial charge on any atom is 0.150 e. The fraction of sp³-hybridized carbons (Fsp3) is 0.125. The molecule has 0 fully saturated rings. The van der Waals surface area contributed by atoms with Gasteiger partial charge in [0.05, 0.1) is 0 Å². The number of halogens is 7. The van der Waals surface area contributed by atoms with Crippen molar-refractivity contribution in [3.05, 3.63) is 124 Å². The minimum absolute atomic E-state index is 0.147.